The molecule has 0 aliphatic carbocycles. The van der Waals surface area contributed by atoms with Crippen LogP contribution in [0.2, 0.25) is 0 Å². The maximum Gasteiger partial charge on any atom is 0.266 e. The van der Waals surface area contributed by atoms with E-state index in [9.17, 15) is 23.4 Å². The smallest absolute Gasteiger partial charge is 0.266 e. The van der Waals surface area contributed by atoms with E-state index in [1.807, 2.05) is 0 Å². The summed E-state index contributed by atoms with van der Waals surface area (Å²) in [5.41, 5.74) is -0.250. The first-order valence-electron chi connectivity index (χ1n) is 7.12. The molecule has 24 heavy (non-hydrogen) atoms. The van der Waals surface area contributed by atoms with Crippen molar-refractivity contribution in [1.82, 2.24) is 14.9 Å². The summed E-state index contributed by atoms with van der Waals surface area (Å²) < 4.78 is 36.7. The molecule has 12 heteroatoms. The van der Waals surface area contributed by atoms with E-state index in [2.05, 4.69) is 10.3 Å². The number of hydrogen-bond acceptors (Lipinski definition) is 8. The molecule has 10 nitrogen and oxygen atoms in total. The molecule has 0 radical (unpaired) electrons. The van der Waals surface area contributed by atoms with E-state index in [4.69, 9.17) is 21.5 Å². The Labute approximate surface area is 142 Å². The number of H-pyrrole nitrogens is 1. The van der Waals surface area contributed by atoms with Crippen molar-refractivity contribution in [3.05, 3.63) is 26.9 Å². The lowest BCUT2D eigenvalue weighted by atomic mass is 10.1. The summed E-state index contributed by atoms with van der Waals surface area (Å²) in [4.78, 5) is 14.3. The fourth-order valence-corrected chi connectivity index (χ4v) is 2.98. The first kappa shape index (κ1) is 19.2. The molecule has 0 unspecified atom stereocenters. The predicted octanol–water partition coefficient (Wildman–Crippen LogP) is -1.48. The zero-order chi connectivity index (χ0) is 18.1. The van der Waals surface area contributed by atoms with Gasteiger partial charge in [-0.15, -0.1) is 0 Å². The van der Waals surface area contributed by atoms with Crippen LogP contribution in [0.4, 0.5) is 0 Å². The van der Waals surface area contributed by atoms with Gasteiger partial charge in [-0.25, -0.2) is 0 Å². The van der Waals surface area contributed by atoms with E-state index in [0.29, 0.717) is 0 Å². The van der Waals surface area contributed by atoms with Crippen molar-refractivity contribution >= 4 is 22.3 Å². The lowest BCUT2D eigenvalue weighted by molar-refractivity contribution is -0.0341. The Morgan fingerprint density at radius 3 is 2.62 bits per heavy atom. The number of nitrogens with zero attached hydrogens (tertiary/aromatic N) is 1. The van der Waals surface area contributed by atoms with E-state index in [1.165, 1.54) is 10.8 Å². The van der Waals surface area contributed by atoms with Crippen molar-refractivity contribution < 1.29 is 27.9 Å². The van der Waals surface area contributed by atoms with Gasteiger partial charge in [-0.3, -0.25) is 18.9 Å². The van der Waals surface area contributed by atoms with Crippen LogP contribution in [-0.2, 0) is 21.4 Å². The monoisotopic (exact) mass is 381 g/mol. The third-order valence-electron chi connectivity index (χ3n) is 3.65. The summed E-state index contributed by atoms with van der Waals surface area (Å²) in [7, 11) is -4.09. The van der Waals surface area contributed by atoms with Gasteiger partial charge in [0.15, 0.2) is 11.0 Å². The van der Waals surface area contributed by atoms with Gasteiger partial charge in [-0.1, -0.05) is 0 Å². The van der Waals surface area contributed by atoms with E-state index < -0.39 is 46.0 Å². The van der Waals surface area contributed by atoms with Crippen LogP contribution in [0, 0.1) is 4.77 Å². The van der Waals surface area contributed by atoms with Gasteiger partial charge >= 0.3 is 0 Å². The van der Waals surface area contributed by atoms with Gasteiger partial charge in [0.25, 0.3) is 15.7 Å². The highest BCUT2D eigenvalue weighted by Gasteiger charge is 2.41. The van der Waals surface area contributed by atoms with E-state index in [-0.39, 0.29) is 23.4 Å². The molecule has 1 aromatic heterocycles. The molecule has 0 spiro atoms. The lowest BCUT2D eigenvalue weighted by Crippen LogP contribution is -2.32. The quantitative estimate of drug-likeness (QED) is 0.225. The Bertz CT molecular complexity index is 804. The van der Waals surface area contributed by atoms with Crippen LogP contribution in [0.25, 0.3) is 0 Å². The number of aromatic nitrogens is 2. The summed E-state index contributed by atoms with van der Waals surface area (Å²) in [6, 6.07) is 0. The zero-order valence-corrected chi connectivity index (χ0v) is 14.4. The largest absolute Gasteiger partial charge is 0.388 e. The van der Waals surface area contributed by atoms with Crippen LogP contribution in [0.15, 0.2) is 11.0 Å². The molecule has 1 aliphatic heterocycles. The Morgan fingerprint density at radius 2 is 2.08 bits per heavy atom. The minimum Gasteiger partial charge on any atom is -0.388 e. The zero-order valence-electron chi connectivity index (χ0n) is 12.7. The van der Waals surface area contributed by atoms with Crippen LogP contribution >= 0.6 is 12.2 Å². The molecule has 1 aliphatic rings. The van der Waals surface area contributed by atoms with E-state index in [1.54, 1.807) is 6.92 Å². The Hall–Kier alpha value is -1.15. The topological polar surface area (TPSA) is 154 Å². The van der Waals surface area contributed by atoms with Crippen molar-refractivity contribution in [3.63, 3.8) is 0 Å². The molecule has 136 valence electrons. The van der Waals surface area contributed by atoms with Gasteiger partial charge in [0.1, 0.15) is 12.2 Å². The standard InChI is InChI=1S/C12H19N3O7S2/c1-6-8(16)9(17)11(22-6)15-5-7(10(18)14-12(15)23)4-13-2-3-24(19,20)21/h5-6,8-9,11,13,16-17H,2-4H2,1H3,(H,14,18,23)(H,19,20,21)/t6-,8-,9-,11-/m1/s1. The molecule has 1 fully saturated rings. The summed E-state index contributed by atoms with van der Waals surface area (Å²) in [6.07, 6.45) is -2.47. The average molecular weight is 381 g/mol. The first-order valence-corrected chi connectivity index (χ1v) is 9.13. The summed E-state index contributed by atoms with van der Waals surface area (Å²) in [5, 5.41) is 22.5. The Morgan fingerprint density at radius 1 is 1.42 bits per heavy atom. The maximum atomic E-state index is 11.9. The van der Waals surface area contributed by atoms with E-state index >= 15 is 0 Å². The number of nitrogens with one attached hydrogen (secondary N) is 2. The molecule has 0 bridgehead atoms. The van der Waals surface area contributed by atoms with Crippen LogP contribution < -0.4 is 10.9 Å². The normalized spacial score (nSPS) is 27.5. The molecule has 0 saturated carbocycles. The number of hydrogen-bond donors (Lipinski definition) is 5. The van der Waals surface area contributed by atoms with Crippen LogP contribution in [0.3, 0.4) is 0 Å². The number of ether oxygens (including phenoxy) is 1. The highest BCUT2D eigenvalue weighted by Crippen LogP contribution is 2.28. The predicted molar refractivity (Wildman–Crippen MR) is 85.6 cm³/mol. The van der Waals surface area contributed by atoms with Crippen LogP contribution in [0.1, 0.15) is 18.7 Å². The fourth-order valence-electron chi connectivity index (χ4n) is 2.32. The van der Waals surface area contributed by atoms with Gasteiger partial charge in [0, 0.05) is 24.8 Å². The van der Waals surface area contributed by atoms with Gasteiger partial charge in [-0.05, 0) is 19.1 Å². The number of aliphatic hydroxyl groups is 2. The molecular weight excluding hydrogens is 362 g/mol. The minimum absolute atomic E-state index is 0.0153. The SMILES string of the molecule is C[C@H]1O[C@@H](n2cc(CNCCS(=O)(=O)O)c(=O)[nH]c2=S)[C@H](O)[C@@H]1O. The third-order valence-corrected chi connectivity index (χ3v) is 4.68. The average Bonchev–Trinajstić information content (AvgIpc) is 2.72. The molecule has 0 amide bonds. The molecule has 0 aromatic carbocycles. The minimum atomic E-state index is -4.09. The van der Waals surface area contributed by atoms with Crippen molar-refractivity contribution in [3.8, 4) is 0 Å². The van der Waals surface area contributed by atoms with Crippen molar-refractivity contribution in [2.75, 3.05) is 12.3 Å². The summed E-state index contributed by atoms with van der Waals surface area (Å²) >= 11 is 5.05. The highest BCUT2D eigenvalue weighted by atomic mass is 32.2. The molecule has 2 heterocycles. The second-order valence-corrected chi connectivity index (χ2v) is 7.46. The third kappa shape index (κ3) is 4.47. The Kier molecular flexibility index (Phi) is 5.91. The second kappa shape index (κ2) is 7.39. The summed E-state index contributed by atoms with van der Waals surface area (Å²) in [6.45, 7) is 1.56. The van der Waals surface area contributed by atoms with Crippen molar-refractivity contribution in [1.29, 1.82) is 0 Å². The molecule has 1 saturated heterocycles. The van der Waals surface area contributed by atoms with Crippen molar-refractivity contribution in [2.45, 2.75) is 38.0 Å². The second-order valence-electron chi connectivity index (χ2n) is 5.50. The van der Waals surface area contributed by atoms with Crippen LogP contribution in [0.5, 0.6) is 0 Å². The molecule has 5 N–H and O–H groups in total. The lowest BCUT2D eigenvalue weighted by Gasteiger charge is -2.19. The fraction of sp³-hybridized carbons (Fsp3) is 0.667. The Balaban J connectivity index is 2.17. The van der Waals surface area contributed by atoms with Gasteiger partial charge in [0.2, 0.25) is 0 Å². The number of aliphatic hydroxyl groups excluding tert-OH is 2. The molecular formula is C12H19N3O7S2. The van der Waals surface area contributed by atoms with Gasteiger partial charge in [-0.2, -0.15) is 8.42 Å². The van der Waals surface area contributed by atoms with Crippen LogP contribution in [-0.4, -0.2) is 63.3 Å². The van der Waals surface area contributed by atoms with Gasteiger partial charge in [0.05, 0.1) is 11.9 Å². The maximum absolute atomic E-state index is 11.9. The molecule has 1 aromatic rings. The highest BCUT2D eigenvalue weighted by molar-refractivity contribution is 7.85. The number of rotatable bonds is 6. The molecule has 4 atom stereocenters. The molecule has 2 rings (SSSR count). The van der Waals surface area contributed by atoms with Gasteiger partial charge < -0.3 is 20.3 Å². The van der Waals surface area contributed by atoms with E-state index in [0.717, 1.165) is 0 Å². The number of aromatic amines is 1. The van der Waals surface area contributed by atoms with Crippen molar-refractivity contribution in [2.24, 2.45) is 0 Å². The first-order chi connectivity index (χ1) is 11.1. The summed E-state index contributed by atoms with van der Waals surface area (Å²) in [5.74, 6) is -0.488.